The minimum Gasteiger partial charge on any atom is -0.494 e. The average molecular weight is 287 g/mol. The van der Waals surface area contributed by atoms with Crippen LogP contribution < -0.4 is 10.5 Å². The molecular weight excluding hydrogens is 266 g/mol. The van der Waals surface area contributed by atoms with Crippen LogP contribution in [0.2, 0.25) is 0 Å². The zero-order valence-corrected chi connectivity index (χ0v) is 12.7. The summed E-state index contributed by atoms with van der Waals surface area (Å²) in [7, 11) is 0. The predicted molar refractivity (Wildman–Crippen MR) is 84.6 cm³/mol. The number of rotatable bonds is 4. The largest absolute Gasteiger partial charge is 0.494 e. The molecule has 1 atom stereocenters. The Balaban J connectivity index is 1.80. The SMILES string of the molecule is CCOc1ccc(C(N)c2cc3c(s2)CCCC3)cc1. The molecule has 2 nitrogen and oxygen atoms in total. The third kappa shape index (κ3) is 2.74. The first-order valence-electron chi connectivity index (χ1n) is 7.37. The third-order valence-corrected chi connectivity index (χ3v) is 5.19. The summed E-state index contributed by atoms with van der Waals surface area (Å²) in [5.41, 5.74) is 9.11. The lowest BCUT2D eigenvalue weighted by Gasteiger charge is -2.11. The molecule has 0 fully saturated rings. The Morgan fingerprint density at radius 2 is 1.95 bits per heavy atom. The van der Waals surface area contributed by atoms with E-state index >= 15 is 0 Å². The molecular formula is C17H21NOS. The van der Waals surface area contributed by atoms with Crippen LogP contribution in [0.15, 0.2) is 30.3 Å². The van der Waals surface area contributed by atoms with Crippen molar-refractivity contribution in [2.45, 2.75) is 38.6 Å². The molecule has 20 heavy (non-hydrogen) atoms. The van der Waals surface area contributed by atoms with E-state index in [0.29, 0.717) is 6.61 Å². The Morgan fingerprint density at radius 1 is 1.20 bits per heavy atom. The number of fused-ring (bicyclic) bond motifs is 1. The fourth-order valence-corrected chi connectivity index (χ4v) is 4.06. The zero-order chi connectivity index (χ0) is 13.9. The molecule has 0 radical (unpaired) electrons. The highest BCUT2D eigenvalue weighted by atomic mass is 32.1. The highest BCUT2D eigenvalue weighted by molar-refractivity contribution is 7.12. The summed E-state index contributed by atoms with van der Waals surface area (Å²) in [5, 5.41) is 0. The first-order chi connectivity index (χ1) is 9.78. The van der Waals surface area contributed by atoms with Crippen molar-refractivity contribution in [3.05, 3.63) is 51.2 Å². The van der Waals surface area contributed by atoms with E-state index < -0.39 is 0 Å². The van der Waals surface area contributed by atoms with E-state index in [1.54, 1.807) is 4.88 Å². The molecule has 2 N–H and O–H groups in total. The molecule has 2 aromatic rings. The van der Waals surface area contributed by atoms with Gasteiger partial charge in [0, 0.05) is 9.75 Å². The summed E-state index contributed by atoms with van der Waals surface area (Å²) in [6.07, 6.45) is 5.10. The smallest absolute Gasteiger partial charge is 0.119 e. The summed E-state index contributed by atoms with van der Waals surface area (Å²) in [6, 6.07) is 10.5. The van der Waals surface area contributed by atoms with Crippen molar-refractivity contribution in [3.8, 4) is 5.75 Å². The molecule has 3 heteroatoms. The van der Waals surface area contributed by atoms with E-state index in [1.807, 2.05) is 30.4 Å². The van der Waals surface area contributed by atoms with Crippen molar-refractivity contribution in [2.75, 3.05) is 6.61 Å². The van der Waals surface area contributed by atoms with Gasteiger partial charge < -0.3 is 10.5 Å². The predicted octanol–water partition coefficient (Wildman–Crippen LogP) is 4.07. The molecule has 1 aliphatic rings. The number of hydrogen-bond donors (Lipinski definition) is 1. The van der Waals surface area contributed by atoms with Crippen LogP contribution in [-0.2, 0) is 12.8 Å². The second-order valence-electron chi connectivity index (χ2n) is 5.28. The highest BCUT2D eigenvalue weighted by Gasteiger charge is 2.17. The molecule has 1 aromatic heterocycles. The van der Waals surface area contributed by atoms with Crippen molar-refractivity contribution >= 4 is 11.3 Å². The van der Waals surface area contributed by atoms with E-state index in [9.17, 15) is 0 Å². The van der Waals surface area contributed by atoms with Crippen molar-refractivity contribution in [1.29, 1.82) is 0 Å². The van der Waals surface area contributed by atoms with E-state index in [-0.39, 0.29) is 6.04 Å². The first kappa shape index (κ1) is 13.7. The summed E-state index contributed by atoms with van der Waals surface area (Å²) < 4.78 is 5.47. The van der Waals surface area contributed by atoms with Gasteiger partial charge >= 0.3 is 0 Å². The molecule has 0 saturated carbocycles. The second-order valence-corrected chi connectivity index (χ2v) is 6.45. The van der Waals surface area contributed by atoms with Crippen LogP contribution >= 0.6 is 11.3 Å². The molecule has 0 saturated heterocycles. The van der Waals surface area contributed by atoms with Crippen molar-refractivity contribution in [1.82, 2.24) is 0 Å². The van der Waals surface area contributed by atoms with Gasteiger partial charge in [-0.1, -0.05) is 12.1 Å². The maximum absolute atomic E-state index is 6.42. The number of benzene rings is 1. The lowest BCUT2D eigenvalue weighted by molar-refractivity contribution is 0.340. The maximum atomic E-state index is 6.42. The third-order valence-electron chi connectivity index (χ3n) is 3.87. The van der Waals surface area contributed by atoms with E-state index in [0.717, 1.165) is 11.3 Å². The monoisotopic (exact) mass is 287 g/mol. The van der Waals surface area contributed by atoms with Gasteiger partial charge in [-0.2, -0.15) is 0 Å². The Morgan fingerprint density at radius 3 is 2.65 bits per heavy atom. The van der Waals surface area contributed by atoms with E-state index in [4.69, 9.17) is 10.5 Å². The summed E-state index contributed by atoms with van der Waals surface area (Å²) >= 11 is 1.90. The standard InChI is InChI=1S/C17H21NOS/c1-2-19-14-9-7-12(8-10-14)17(18)16-11-13-5-3-4-6-15(13)20-16/h7-11,17H,2-6,18H2,1H3. The normalized spacial score (nSPS) is 15.7. The van der Waals surface area contributed by atoms with Crippen LogP contribution in [0.5, 0.6) is 5.75 Å². The summed E-state index contributed by atoms with van der Waals surface area (Å²) in [6.45, 7) is 2.69. The van der Waals surface area contributed by atoms with Crippen LogP contribution in [-0.4, -0.2) is 6.61 Å². The quantitative estimate of drug-likeness (QED) is 0.920. The Bertz CT molecular complexity index is 550. The topological polar surface area (TPSA) is 35.2 Å². The van der Waals surface area contributed by atoms with Gasteiger partial charge in [-0.3, -0.25) is 0 Å². The lowest BCUT2D eigenvalue weighted by Crippen LogP contribution is -2.10. The fraction of sp³-hybridized carbons (Fsp3) is 0.412. The van der Waals surface area contributed by atoms with Gasteiger partial charge in [-0.25, -0.2) is 0 Å². The number of aryl methyl sites for hydroxylation is 2. The van der Waals surface area contributed by atoms with Gasteiger partial charge in [0.25, 0.3) is 0 Å². The summed E-state index contributed by atoms with van der Waals surface area (Å²) in [4.78, 5) is 2.84. The van der Waals surface area contributed by atoms with E-state index in [2.05, 4.69) is 18.2 Å². The number of hydrogen-bond acceptors (Lipinski definition) is 3. The molecule has 3 rings (SSSR count). The number of thiophene rings is 1. The van der Waals surface area contributed by atoms with Crippen molar-refractivity contribution < 1.29 is 4.74 Å². The van der Waals surface area contributed by atoms with Crippen LogP contribution in [0, 0.1) is 0 Å². The van der Waals surface area contributed by atoms with Gasteiger partial charge in [-0.15, -0.1) is 11.3 Å². The molecule has 106 valence electrons. The van der Waals surface area contributed by atoms with Crippen LogP contribution in [0.4, 0.5) is 0 Å². The molecule has 1 aliphatic carbocycles. The van der Waals surface area contributed by atoms with Gasteiger partial charge in [0.05, 0.1) is 12.6 Å². The van der Waals surface area contributed by atoms with Crippen LogP contribution in [0.1, 0.15) is 46.7 Å². The fourth-order valence-electron chi connectivity index (χ4n) is 2.77. The molecule has 1 heterocycles. The van der Waals surface area contributed by atoms with Crippen LogP contribution in [0.3, 0.4) is 0 Å². The van der Waals surface area contributed by atoms with Crippen molar-refractivity contribution in [2.24, 2.45) is 5.73 Å². The second kappa shape index (κ2) is 5.98. The van der Waals surface area contributed by atoms with Crippen LogP contribution in [0.25, 0.3) is 0 Å². The zero-order valence-electron chi connectivity index (χ0n) is 11.9. The minimum atomic E-state index is -0.0127. The highest BCUT2D eigenvalue weighted by Crippen LogP contribution is 2.34. The molecule has 0 amide bonds. The number of ether oxygens (including phenoxy) is 1. The molecule has 0 spiro atoms. The Hall–Kier alpha value is -1.32. The lowest BCUT2D eigenvalue weighted by atomic mass is 9.98. The molecule has 1 aromatic carbocycles. The molecule has 0 bridgehead atoms. The van der Waals surface area contributed by atoms with Gasteiger partial charge in [0.1, 0.15) is 5.75 Å². The van der Waals surface area contributed by atoms with E-state index in [1.165, 1.54) is 36.1 Å². The molecule has 1 unspecified atom stereocenters. The van der Waals surface area contributed by atoms with Gasteiger partial charge in [0.2, 0.25) is 0 Å². The Labute approximate surface area is 124 Å². The minimum absolute atomic E-state index is 0.0127. The molecule has 0 aliphatic heterocycles. The van der Waals surface area contributed by atoms with Gasteiger partial charge in [-0.05, 0) is 61.9 Å². The Kier molecular flexibility index (Phi) is 4.08. The maximum Gasteiger partial charge on any atom is 0.119 e. The van der Waals surface area contributed by atoms with Crippen molar-refractivity contribution in [3.63, 3.8) is 0 Å². The summed E-state index contributed by atoms with van der Waals surface area (Å²) in [5.74, 6) is 0.911. The number of nitrogens with two attached hydrogens (primary N) is 1. The average Bonchev–Trinajstić information content (AvgIpc) is 2.91. The first-order valence-corrected chi connectivity index (χ1v) is 8.19. The van der Waals surface area contributed by atoms with Gasteiger partial charge in [0.15, 0.2) is 0 Å².